The van der Waals surface area contributed by atoms with Gasteiger partial charge in [-0.3, -0.25) is 9.36 Å². The van der Waals surface area contributed by atoms with Gasteiger partial charge in [0.1, 0.15) is 5.82 Å². The second-order valence-corrected chi connectivity index (χ2v) is 8.15. The van der Waals surface area contributed by atoms with E-state index in [1.807, 2.05) is 22.8 Å². The highest BCUT2D eigenvalue weighted by molar-refractivity contribution is 6.58. The number of rotatable bonds is 7. The molecule has 0 bridgehead atoms. The van der Waals surface area contributed by atoms with Crippen LogP contribution < -0.4 is 27.6 Å². The van der Waals surface area contributed by atoms with E-state index in [1.165, 1.54) is 0 Å². The summed E-state index contributed by atoms with van der Waals surface area (Å²) in [6.07, 6.45) is 0. The molecule has 1 aliphatic heterocycles. The van der Waals surface area contributed by atoms with E-state index in [4.69, 9.17) is 21.4 Å². The molecule has 0 atom stereocenters. The number of nitrogens with zero attached hydrogens (tertiary/aromatic N) is 3. The molecule has 10 nitrogen and oxygen atoms in total. The average molecular weight is 457 g/mol. The average Bonchev–Trinajstić information content (AvgIpc) is 3.46. The van der Waals surface area contributed by atoms with Crippen LogP contribution in [-0.4, -0.2) is 37.6 Å². The quantitative estimate of drug-likeness (QED) is 0.209. The second kappa shape index (κ2) is 8.88. The number of nitrogens with one attached hydrogen (secondary N) is 2. The Bertz CT molecular complexity index is 1400. The lowest BCUT2D eigenvalue weighted by molar-refractivity contribution is 0.100. The van der Waals surface area contributed by atoms with Gasteiger partial charge in [0.15, 0.2) is 0 Å². The highest BCUT2D eigenvalue weighted by atomic mass is 16.4. The van der Waals surface area contributed by atoms with Crippen molar-refractivity contribution in [2.75, 3.05) is 5.32 Å². The Kier molecular flexibility index (Phi) is 5.76. The monoisotopic (exact) mass is 457 g/mol. The van der Waals surface area contributed by atoms with Crippen LogP contribution >= 0.6 is 0 Å². The molecule has 0 aliphatic carbocycles. The van der Waals surface area contributed by atoms with Crippen molar-refractivity contribution in [3.8, 4) is 5.95 Å². The molecule has 0 fully saturated rings. The van der Waals surface area contributed by atoms with Gasteiger partial charge >= 0.3 is 7.12 Å². The van der Waals surface area contributed by atoms with Crippen LogP contribution in [0.4, 0.5) is 5.82 Å². The van der Waals surface area contributed by atoms with Crippen LogP contribution in [0.1, 0.15) is 32.9 Å². The molecule has 34 heavy (non-hydrogen) atoms. The number of benzene rings is 2. The van der Waals surface area contributed by atoms with Gasteiger partial charge in [-0.15, -0.1) is 0 Å². The van der Waals surface area contributed by atoms with Gasteiger partial charge in [0, 0.05) is 48.4 Å². The van der Waals surface area contributed by atoms with Crippen molar-refractivity contribution in [1.29, 1.82) is 0 Å². The third-order valence-electron chi connectivity index (χ3n) is 5.98. The molecular formula is C23H24BN7O3. The molecule has 0 saturated heterocycles. The maximum atomic E-state index is 12.0. The Balaban J connectivity index is 1.58. The van der Waals surface area contributed by atoms with Crippen molar-refractivity contribution >= 4 is 35.2 Å². The van der Waals surface area contributed by atoms with Gasteiger partial charge in [-0.1, -0.05) is 30.3 Å². The van der Waals surface area contributed by atoms with Crippen molar-refractivity contribution < 1.29 is 14.8 Å². The summed E-state index contributed by atoms with van der Waals surface area (Å²) in [6, 6.07) is 14.3. The lowest BCUT2D eigenvalue weighted by Crippen LogP contribution is -2.30. The third kappa shape index (κ3) is 3.90. The lowest BCUT2D eigenvalue weighted by atomic mass is 9.80. The molecular weight excluding hydrogens is 433 g/mol. The molecule has 172 valence electrons. The van der Waals surface area contributed by atoms with E-state index < -0.39 is 13.0 Å². The fourth-order valence-electron chi connectivity index (χ4n) is 4.34. The molecule has 11 heteroatoms. The third-order valence-corrected chi connectivity index (χ3v) is 5.98. The van der Waals surface area contributed by atoms with Crippen molar-refractivity contribution in [1.82, 2.24) is 19.9 Å². The molecule has 4 aromatic rings. The number of carbonyl (C=O) groups excluding carboxylic acids is 1. The van der Waals surface area contributed by atoms with Crippen molar-refractivity contribution in [3.05, 3.63) is 76.6 Å². The molecule has 3 heterocycles. The maximum absolute atomic E-state index is 12.0. The Morgan fingerprint density at radius 1 is 1.15 bits per heavy atom. The molecule has 0 saturated carbocycles. The van der Waals surface area contributed by atoms with E-state index in [1.54, 1.807) is 30.3 Å². The standard InChI is InChI=1S/C23H24BN7O3/c25-9-15-8-17-16(21(26)32)5-2-6-20(17)31(15)23-29-19-12-27-11-18(19)22(30-23)28-10-13-3-1-4-14(7-13)24(33)34/h1-8,27,33-34H,9-12,25H2,(H2,26,32)(H,28,29,30). The number of hydrogen-bond acceptors (Lipinski definition) is 8. The molecule has 8 N–H and O–H groups in total. The Morgan fingerprint density at radius 3 is 2.74 bits per heavy atom. The van der Waals surface area contributed by atoms with Crippen LogP contribution in [-0.2, 0) is 26.2 Å². The molecule has 1 aliphatic rings. The van der Waals surface area contributed by atoms with Crippen molar-refractivity contribution in [3.63, 3.8) is 0 Å². The Labute approximate surface area is 195 Å². The molecule has 0 radical (unpaired) electrons. The van der Waals surface area contributed by atoms with Gasteiger partial charge in [-0.05, 0) is 29.2 Å². The Morgan fingerprint density at radius 2 is 1.97 bits per heavy atom. The van der Waals surface area contributed by atoms with Gasteiger partial charge in [-0.25, -0.2) is 4.98 Å². The van der Waals surface area contributed by atoms with Crippen LogP contribution in [0.5, 0.6) is 0 Å². The predicted octanol–water partition coefficient (Wildman–Crippen LogP) is -0.127. The van der Waals surface area contributed by atoms with Crippen LogP contribution in [0.2, 0.25) is 0 Å². The number of anilines is 1. The molecule has 0 spiro atoms. The number of carbonyl (C=O) groups is 1. The van der Waals surface area contributed by atoms with Crippen molar-refractivity contribution in [2.45, 2.75) is 26.2 Å². The first-order valence-corrected chi connectivity index (χ1v) is 10.9. The normalized spacial score (nSPS) is 12.7. The summed E-state index contributed by atoms with van der Waals surface area (Å²) < 4.78 is 1.86. The minimum Gasteiger partial charge on any atom is -0.423 e. The summed E-state index contributed by atoms with van der Waals surface area (Å²) in [4.78, 5) is 21.6. The number of fused-ring (bicyclic) bond motifs is 2. The van der Waals surface area contributed by atoms with Gasteiger partial charge < -0.3 is 32.1 Å². The lowest BCUT2D eigenvalue weighted by Gasteiger charge is -2.15. The summed E-state index contributed by atoms with van der Waals surface area (Å²) in [5, 5.41) is 26.3. The first kappa shape index (κ1) is 22.0. The summed E-state index contributed by atoms with van der Waals surface area (Å²) >= 11 is 0. The first-order chi connectivity index (χ1) is 16.5. The number of aromatic nitrogens is 3. The van der Waals surface area contributed by atoms with Gasteiger partial charge in [0.2, 0.25) is 11.9 Å². The predicted molar refractivity (Wildman–Crippen MR) is 129 cm³/mol. The number of amides is 1. The highest BCUT2D eigenvalue weighted by Crippen LogP contribution is 2.29. The zero-order chi connectivity index (χ0) is 23.8. The summed E-state index contributed by atoms with van der Waals surface area (Å²) in [6.45, 7) is 1.90. The van der Waals surface area contributed by atoms with Crippen LogP contribution in [0.15, 0.2) is 48.5 Å². The molecule has 5 rings (SSSR count). The summed E-state index contributed by atoms with van der Waals surface area (Å²) in [7, 11) is -1.53. The minimum absolute atomic E-state index is 0.227. The van der Waals surface area contributed by atoms with E-state index >= 15 is 0 Å². The number of hydrogen-bond donors (Lipinski definition) is 6. The first-order valence-electron chi connectivity index (χ1n) is 10.9. The van der Waals surface area contributed by atoms with Crippen molar-refractivity contribution in [2.24, 2.45) is 11.5 Å². The van der Waals surface area contributed by atoms with Gasteiger partial charge in [0.25, 0.3) is 0 Å². The van der Waals surface area contributed by atoms with Crippen LogP contribution in [0, 0.1) is 0 Å². The zero-order valence-electron chi connectivity index (χ0n) is 18.3. The molecule has 0 unspecified atom stereocenters. The van der Waals surface area contributed by atoms with Crippen LogP contribution in [0.25, 0.3) is 16.9 Å². The van der Waals surface area contributed by atoms with E-state index in [2.05, 4.69) is 10.6 Å². The fourth-order valence-corrected chi connectivity index (χ4v) is 4.34. The van der Waals surface area contributed by atoms with E-state index in [-0.39, 0.29) is 6.54 Å². The fraction of sp³-hybridized carbons (Fsp3) is 0.174. The highest BCUT2D eigenvalue weighted by Gasteiger charge is 2.22. The largest absolute Gasteiger partial charge is 0.488 e. The SMILES string of the molecule is NCc1cc2c(C(N)=O)cccc2n1-c1nc2c(c(NCc3cccc(B(O)O)c3)n1)CNC2. The molecule has 1 amide bonds. The maximum Gasteiger partial charge on any atom is 0.488 e. The Hall–Kier alpha value is -3.77. The van der Waals surface area contributed by atoms with E-state index in [9.17, 15) is 14.8 Å². The molecule has 2 aromatic carbocycles. The smallest absolute Gasteiger partial charge is 0.423 e. The topological polar surface area (TPSA) is 164 Å². The summed E-state index contributed by atoms with van der Waals surface area (Å²) in [5.74, 6) is 0.611. The van der Waals surface area contributed by atoms with E-state index in [0.29, 0.717) is 47.8 Å². The van der Waals surface area contributed by atoms with Gasteiger partial charge in [0.05, 0.1) is 11.2 Å². The number of primary amides is 1. The number of nitrogens with two attached hydrogens (primary N) is 2. The molecule has 2 aromatic heterocycles. The van der Waals surface area contributed by atoms with E-state index in [0.717, 1.165) is 28.0 Å². The van der Waals surface area contributed by atoms with Crippen LogP contribution in [0.3, 0.4) is 0 Å². The second-order valence-electron chi connectivity index (χ2n) is 8.15. The minimum atomic E-state index is -1.53. The zero-order valence-corrected chi connectivity index (χ0v) is 18.3. The summed E-state index contributed by atoms with van der Waals surface area (Å²) in [5.41, 5.74) is 16.7. The van der Waals surface area contributed by atoms with Gasteiger partial charge in [-0.2, -0.15) is 4.98 Å².